The number of carbonyl (C=O) groups excluding carboxylic acids is 1. The van der Waals surface area contributed by atoms with Crippen LogP contribution in [0.15, 0.2) is 18.2 Å². The van der Waals surface area contributed by atoms with Gasteiger partial charge in [-0.3, -0.25) is 4.79 Å². The Morgan fingerprint density at radius 1 is 1.35 bits per heavy atom. The van der Waals surface area contributed by atoms with E-state index in [0.29, 0.717) is 27.4 Å². The minimum atomic E-state index is -0.323. The van der Waals surface area contributed by atoms with Crippen LogP contribution in [0, 0.1) is 5.92 Å². The Balaban J connectivity index is 2.15. The summed E-state index contributed by atoms with van der Waals surface area (Å²) >= 11 is 18.2. The van der Waals surface area contributed by atoms with Gasteiger partial charge in [0, 0.05) is 5.88 Å². The van der Waals surface area contributed by atoms with Crippen LogP contribution in [0.2, 0.25) is 10.0 Å². The van der Waals surface area contributed by atoms with Crippen LogP contribution in [0.4, 0.5) is 0 Å². The SMILES string of the molecule is CC1CCC(CCl)(NC(=O)c2cccc(Cl)c2Cl)CC1. The molecule has 0 aromatic heterocycles. The lowest BCUT2D eigenvalue weighted by molar-refractivity contribution is 0.0872. The van der Waals surface area contributed by atoms with Crippen LogP contribution in [0.25, 0.3) is 0 Å². The molecule has 1 saturated carbocycles. The van der Waals surface area contributed by atoms with Gasteiger partial charge in [-0.2, -0.15) is 0 Å². The molecule has 1 amide bonds. The summed E-state index contributed by atoms with van der Waals surface area (Å²) < 4.78 is 0. The van der Waals surface area contributed by atoms with Crippen molar-refractivity contribution in [1.29, 1.82) is 0 Å². The van der Waals surface area contributed by atoms with E-state index in [9.17, 15) is 4.79 Å². The Morgan fingerprint density at radius 2 is 2.00 bits per heavy atom. The second kappa shape index (κ2) is 6.55. The molecule has 2 nitrogen and oxygen atoms in total. The molecular formula is C15H18Cl3NO. The molecule has 0 unspecified atom stereocenters. The van der Waals surface area contributed by atoms with Crippen LogP contribution in [0.1, 0.15) is 43.0 Å². The quantitative estimate of drug-likeness (QED) is 0.782. The number of rotatable bonds is 3. The summed E-state index contributed by atoms with van der Waals surface area (Å²) in [5.41, 5.74) is 0.0823. The normalized spacial score (nSPS) is 26.3. The number of nitrogens with one attached hydrogen (secondary N) is 1. The number of hydrogen-bond acceptors (Lipinski definition) is 1. The van der Waals surface area contributed by atoms with E-state index in [0.717, 1.165) is 25.7 Å². The lowest BCUT2D eigenvalue weighted by atomic mass is 9.78. The van der Waals surface area contributed by atoms with Gasteiger partial charge >= 0.3 is 0 Å². The highest BCUT2D eigenvalue weighted by Gasteiger charge is 2.35. The molecule has 2 rings (SSSR count). The first kappa shape index (κ1) is 15.9. The Morgan fingerprint density at radius 3 is 2.60 bits per heavy atom. The molecule has 1 fully saturated rings. The van der Waals surface area contributed by atoms with Crippen LogP contribution in [0.3, 0.4) is 0 Å². The van der Waals surface area contributed by atoms with Gasteiger partial charge in [-0.1, -0.05) is 36.2 Å². The topological polar surface area (TPSA) is 29.1 Å². The van der Waals surface area contributed by atoms with Gasteiger partial charge < -0.3 is 5.32 Å². The molecule has 5 heteroatoms. The molecule has 1 aromatic carbocycles. The van der Waals surface area contributed by atoms with Crippen LogP contribution < -0.4 is 5.32 Å². The van der Waals surface area contributed by atoms with Crippen molar-refractivity contribution in [2.45, 2.75) is 38.1 Å². The third-order valence-corrected chi connectivity index (χ3v) is 5.39. The van der Waals surface area contributed by atoms with Crippen molar-refractivity contribution in [3.05, 3.63) is 33.8 Å². The van der Waals surface area contributed by atoms with E-state index in [-0.39, 0.29) is 11.4 Å². The molecule has 1 N–H and O–H groups in total. The summed E-state index contributed by atoms with van der Waals surface area (Å²) in [7, 11) is 0. The molecule has 0 saturated heterocycles. The smallest absolute Gasteiger partial charge is 0.253 e. The number of benzene rings is 1. The second-order valence-corrected chi connectivity index (χ2v) is 6.70. The maximum atomic E-state index is 12.4. The summed E-state index contributed by atoms with van der Waals surface area (Å²) in [4.78, 5) is 12.4. The largest absolute Gasteiger partial charge is 0.345 e. The summed E-state index contributed by atoms with van der Waals surface area (Å²) in [5, 5.41) is 3.75. The second-order valence-electron chi connectivity index (χ2n) is 5.65. The predicted molar refractivity (Wildman–Crippen MR) is 85.0 cm³/mol. The minimum Gasteiger partial charge on any atom is -0.345 e. The number of amides is 1. The standard InChI is InChI=1S/C15H18Cl3NO/c1-10-5-7-15(9-16,8-6-10)19-14(20)11-3-2-4-12(17)13(11)18/h2-4,10H,5-9H2,1H3,(H,19,20). The lowest BCUT2D eigenvalue weighted by Gasteiger charge is -2.38. The maximum Gasteiger partial charge on any atom is 0.253 e. The third-order valence-electron chi connectivity index (χ3n) is 4.06. The molecule has 0 bridgehead atoms. The Bertz CT molecular complexity index is 496. The van der Waals surface area contributed by atoms with Gasteiger partial charge in [0.1, 0.15) is 0 Å². The fraction of sp³-hybridized carbons (Fsp3) is 0.533. The molecule has 20 heavy (non-hydrogen) atoms. The fourth-order valence-electron chi connectivity index (χ4n) is 2.59. The van der Waals surface area contributed by atoms with E-state index in [1.165, 1.54) is 0 Å². The van der Waals surface area contributed by atoms with Crippen LogP contribution >= 0.6 is 34.8 Å². The Labute approximate surface area is 134 Å². The van der Waals surface area contributed by atoms with Gasteiger partial charge in [0.05, 0.1) is 21.1 Å². The average molecular weight is 335 g/mol. The van der Waals surface area contributed by atoms with Crippen molar-refractivity contribution in [1.82, 2.24) is 5.32 Å². The monoisotopic (exact) mass is 333 g/mol. The van der Waals surface area contributed by atoms with Gasteiger partial charge in [0.2, 0.25) is 0 Å². The first-order valence-corrected chi connectivity index (χ1v) is 8.09. The van der Waals surface area contributed by atoms with Crippen molar-refractivity contribution in [2.24, 2.45) is 5.92 Å². The molecule has 110 valence electrons. The van der Waals surface area contributed by atoms with Crippen molar-refractivity contribution >= 4 is 40.7 Å². The van der Waals surface area contributed by atoms with Crippen molar-refractivity contribution < 1.29 is 4.79 Å². The van der Waals surface area contributed by atoms with Gasteiger partial charge in [-0.05, 0) is 43.7 Å². The first-order chi connectivity index (χ1) is 9.47. The van der Waals surface area contributed by atoms with E-state index < -0.39 is 0 Å². The van der Waals surface area contributed by atoms with E-state index in [1.54, 1.807) is 18.2 Å². The first-order valence-electron chi connectivity index (χ1n) is 6.80. The summed E-state index contributed by atoms with van der Waals surface area (Å²) in [6, 6.07) is 5.07. The highest BCUT2D eigenvalue weighted by molar-refractivity contribution is 6.43. The van der Waals surface area contributed by atoms with Crippen molar-refractivity contribution in [3.63, 3.8) is 0 Å². The molecular weight excluding hydrogens is 317 g/mol. The summed E-state index contributed by atoms with van der Waals surface area (Å²) in [6.45, 7) is 2.23. The third kappa shape index (κ3) is 3.41. The number of hydrogen-bond donors (Lipinski definition) is 1. The molecule has 0 spiro atoms. The fourth-order valence-corrected chi connectivity index (χ4v) is 3.31. The number of carbonyl (C=O) groups is 1. The van der Waals surface area contributed by atoms with Gasteiger partial charge in [-0.25, -0.2) is 0 Å². The Kier molecular flexibility index (Phi) is 5.22. The van der Waals surface area contributed by atoms with E-state index in [1.807, 2.05) is 0 Å². The number of halogens is 3. The lowest BCUT2D eigenvalue weighted by Crippen LogP contribution is -2.52. The van der Waals surface area contributed by atoms with Crippen molar-refractivity contribution in [3.8, 4) is 0 Å². The van der Waals surface area contributed by atoms with Crippen molar-refractivity contribution in [2.75, 3.05) is 5.88 Å². The van der Waals surface area contributed by atoms with E-state index >= 15 is 0 Å². The maximum absolute atomic E-state index is 12.4. The zero-order chi connectivity index (χ0) is 14.8. The van der Waals surface area contributed by atoms with Gasteiger partial charge in [-0.15, -0.1) is 11.6 Å². The molecule has 0 atom stereocenters. The predicted octanol–water partition coefficient (Wildman–Crippen LogP) is 4.91. The molecule has 0 aliphatic heterocycles. The molecule has 1 aliphatic carbocycles. The van der Waals surface area contributed by atoms with Crippen LogP contribution in [-0.4, -0.2) is 17.3 Å². The Hall–Kier alpha value is -0.440. The molecule has 0 radical (unpaired) electrons. The van der Waals surface area contributed by atoms with Gasteiger partial charge in [0.25, 0.3) is 5.91 Å². The molecule has 1 aliphatic rings. The summed E-state index contributed by atoms with van der Waals surface area (Å²) in [5.74, 6) is 0.912. The van der Waals surface area contributed by atoms with E-state index in [4.69, 9.17) is 34.8 Å². The molecule has 1 aromatic rings. The highest BCUT2D eigenvalue weighted by Crippen LogP contribution is 2.34. The van der Waals surface area contributed by atoms with E-state index in [2.05, 4.69) is 12.2 Å². The van der Waals surface area contributed by atoms with Crippen LogP contribution in [0.5, 0.6) is 0 Å². The zero-order valence-electron chi connectivity index (χ0n) is 11.4. The zero-order valence-corrected chi connectivity index (χ0v) is 13.7. The van der Waals surface area contributed by atoms with Gasteiger partial charge in [0.15, 0.2) is 0 Å². The average Bonchev–Trinajstić information content (AvgIpc) is 2.44. The highest BCUT2D eigenvalue weighted by atomic mass is 35.5. The number of alkyl halides is 1. The molecule has 0 heterocycles. The minimum absolute atomic E-state index is 0.201. The summed E-state index contributed by atoms with van der Waals surface area (Å²) in [6.07, 6.45) is 3.97. The van der Waals surface area contributed by atoms with Crippen LogP contribution in [-0.2, 0) is 0 Å².